The quantitative estimate of drug-likeness (QED) is 0.871. The van der Waals surface area contributed by atoms with E-state index in [2.05, 4.69) is 24.4 Å². The minimum Gasteiger partial charge on any atom is -0.312 e. The zero-order valence-electron chi connectivity index (χ0n) is 12.5. The lowest BCUT2D eigenvalue weighted by atomic mass is 9.93. The topological polar surface area (TPSA) is 46.2 Å². The Balaban J connectivity index is 3.06. The Labute approximate surface area is 117 Å². The van der Waals surface area contributed by atoms with Crippen molar-refractivity contribution < 1.29 is 8.42 Å². The lowest BCUT2D eigenvalue weighted by molar-refractivity contribution is 0.413. The molecule has 1 rings (SSSR count). The largest absolute Gasteiger partial charge is 0.312 e. The summed E-state index contributed by atoms with van der Waals surface area (Å²) >= 11 is 0. The van der Waals surface area contributed by atoms with E-state index >= 15 is 0 Å². The van der Waals surface area contributed by atoms with Crippen LogP contribution < -0.4 is 5.32 Å². The normalized spacial score (nSPS) is 14.4. The molecule has 0 fully saturated rings. The van der Waals surface area contributed by atoms with Gasteiger partial charge in [0, 0.05) is 12.3 Å². The van der Waals surface area contributed by atoms with Crippen molar-refractivity contribution >= 4 is 9.84 Å². The zero-order chi connectivity index (χ0) is 14.7. The Morgan fingerprint density at radius 2 is 1.84 bits per heavy atom. The van der Waals surface area contributed by atoms with Gasteiger partial charge in [0.1, 0.15) is 0 Å². The van der Waals surface area contributed by atoms with Crippen molar-refractivity contribution in [2.75, 3.05) is 12.8 Å². The third kappa shape index (κ3) is 3.80. The van der Waals surface area contributed by atoms with Crippen molar-refractivity contribution in [1.82, 2.24) is 5.32 Å². The smallest absolute Gasteiger partial charge is 0.154 e. The molecule has 0 spiro atoms. The molecule has 0 amide bonds. The van der Waals surface area contributed by atoms with Gasteiger partial charge in [-0.2, -0.15) is 0 Å². The first-order valence-electron chi connectivity index (χ1n) is 6.67. The monoisotopic (exact) mass is 283 g/mol. The minimum absolute atomic E-state index is 0.0893. The molecule has 0 aliphatic carbocycles. The third-order valence-electron chi connectivity index (χ3n) is 3.93. The second-order valence-electron chi connectivity index (χ2n) is 5.62. The van der Waals surface area contributed by atoms with E-state index in [9.17, 15) is 8.42 Å². The molecule has 1 atom stereocenters. The average molecular weight is 283 g/mol. The van der Waals surface area contributed by atoms with Crippen molar-refractivity contribution in [3.05, 3.63) is 35.4 Å². The van der Waals surface area contributed by atoms with Crippen LogP contribution >= 0.6 is 0 Å². The predicted octanol–water partition coefficient (Wildman–Crippen LogP) is 2.34. The molecule has 1 N–H and O–H groups in total. The highest BCUT2D eigenvalue weighted by atomic mass is 32.2. The highest BCUT2D eigenvalue weighted by molar-refractivity contribution is 7.92. The Morgan fingerprint density at radius 3 is 2.32 bits per heavy atom. The summed E-state index contributed by atoms with van der Waals surface area (Å²) < 4.78 is 23.2. The summed E-state index contributed by atoms with van der Waals surface area (Å²) in [6, 6.07) is 8.04. The van der Waals surface area contributed by atoms with Gasteiger partial charge in [-0.05, 0) is 44.9 Å². The molecule has 0 aliphatic rings. The summed E-state index contributed by atoms with van der Waals surface area (Å²) in [6.07, 6.45) is 2.04. The number of rotatable bonds is 6. The maximum atomic E-state index is 12.0. The van der Waals surface area contributed by atoms with Gasteiger partial charge in [-0.25, -0.2) is 8.42 Å². The van der Waals surface area contributed by atoms with Gasteiger partial charge in [-0.15, -0.1) is 0 Å². The summed E-state index contributed by atoms with van der Waals surface area (Å²) in [5, 5.41) is 3.33. The van der Waals surface area contributed by atoms with Gasteiger partial charge < -0.3 is 5.32 Å². The molecule has 0 heterocycles. The molecule has 4 heteroatoms. The molecule has 1 aromatic carbocycles. The van der Waals surface area contributed by atoms with Gasteiger partial charge in [0.2, 0.25) is 0 Å². The van der Waals surface area contributed by atoms with Crippen LogP contribution in [-0.4, -0.2) is 32.0 Å². The molecule has 1 unspecified atom stereocenters. The van der Waals surface area contributed by atoms with Crippen LogP contribution in [0.3, 0.4) is 0 Å². The number of sulfone groups is 1. The molecule has 0 saturated carbocycles. The van der Waals surface area contributed by atoms with Crippen molar-refractivity contribution in [2.45, 2.75) is 44.9 Å². The van der Waals surface area contributed by atoms with Crippen LogP contribution in [0.15, 0.2) is 24.3 Å². The maximum absolute atomic E-state index is 12.0. The summed E-state index contributed by atoms with van der Waals surface area (Å²) in [5.41, 5.74) is 2.40. The molecule has 0 aliphatic heterocycles. The molecule has 0 aromatic heterocycles. The SMILES string of the molecule is CCNC(Cc1ccccc1C)C(C)(C)S(C)(=O)=O. The van der Waals surface area contributed by atoms with Gasteiger partial charge in [-0.3, -0.25) is 0 Å². The van der Waals surface area contributed by atoms with Gasteiger partial charge >= 0.3 is 0 Å². The minimum atomic E-state index is -3.12. The fourth-order valence-corrected chi connectivity index (χ4v) is 2.81. The number of aryl methyl sites for hydroxylation is 1. The van der Waals surface area contributed by atoms with Crippen LogP contribution in [-0.2, 0) is 16.3 Å². The van der Waals surface area contributed by atoms with Crippen molar-refractivity contribution in [3.8, 4) is 0 Å². The van der Waals surface area contributed by atoms with Crippen LogP contribution in [0.1, 0.15) is 31.9 Å². The van der Waals surface area contributed by atoms with Crippen LogP contribution in [0.2, 0.25) is 0 Å². The van der Waals surface area contributed by atoms with E-state index in [0.717, 1.165) is 13.0 Å². The Hall–Kier alpha value is -0.870. The molecule has 0 saturated heterocycles. The van der Waals surface area contributed by atoms with E-state index in [1.165, 1.54) is 17.4 Å². The average Bonchev–Trinajstić information content (AvgIpc) is 2.29. The van der Waals surface area contributed by atoms with E-state index in [1.54, 1.807) is 13.8 Å². The molecule has 0 radical (unpaired) electrons. The van der Waals surface area contributed by atoms with E-state index < -0.39 is 14.6 Å². The molecule has 19 heavy (non-hydrogen) atoms. The zero-order valence-corrected chi connectivity index (χ0v) is 13.3. The fourth-order valence-electron chi connectivity index (χ4n) is 2.13. The van der Waals surface area contributed by atoms with Gasteiger partial charge in [0.15, 0.2) is 9.84 Å². The molecular formula is C15H25NO2S. The third-order valence-corrected chi connectivity index (χ3v) is 6.13. The van der Waals surface area contributed by atoms with Crippen molar-refractivity contribution in [1.29, 1.82) is 0 Å². The van der Waals surface area contributed by atoms with Gasteiger partial charge in [0.25, 0.3) is 0 Å². The second-order valence-corrected chi connectivity index (χ2v) is 8.21. The van der Waals surface area contributed by atoms with E-state index in [0.29, 0.717) is 0 Å². The first-order valence-corrected chi connectivity index (χ1v) is 8.56. The van der Waals surface area contributed by atoms with Gasteiger partial charge in [-0.1, -0.05) is 31.2 Å². The molecule has 1 aromatic rings. The van der Waals surface area contributed by atoms with E-state index in [4.69, 9.17) is 0 Å². The first kappa shape index (κ1) is 16.2. The summed E-state index contributed by atoms with van der Waals surface area (Å²) in [7, 11) is -3.12. The number of hydrogen-bond donors (Lipinski definition) is 1. The Morgan fingerprint density at radius 1 is 1.26 bits per heavy atom. The standard InChI is InChI=1S/C15H25NO2S/c1-6-16-14(15(3,4)19(5,17)18)11-13-10-8-7-9-12(13)2/h7-10,14,16H,6,11H2,1-5H3. The molecule has 3 nitrogen and oxygen atoms in total. The Kier molecular flexibility index (Phi) is 5.16. The van der Waals surface area contributed by atoms with Crippen molar-refractivity contribution in [2.24, 2.45) is 0 Å². The lowest BCUT2D eigenvalue weighted by Gasteiger charge is -2.33. The number of likely N-dealkylation sites (N-methyl/N-ethyl adjacent to an activating group) is 1. The van der Waals surface area contributed by atoms with Crippen molar-refractivity contribution in [3.63, 3.8) is 0 Å². The van der Waals surface area contributed by atoms with Crippen LogP contribution in [0.25, 0.3) is 0 Å². The van der Waals surface area contributed by atoms with E-state index in [-0.39, 0.29) is 6.04 Å². The number of hydrogen-bond acceptors (Lipinski definition) is 3. The summed E-state index contributed by atoms with van der Waals surface area (Å²) in [4.78, 5) is 0. The molecule has 108 valence electrons. The Bertz CT molecular complexity index is 521. The van der Waals surface area contributed by atoms with Crippen LogP contribution in [0, 0.1) is 6.92 Å². The van der Waals surface area contributed by atoms with Gasteiger partial charge in [0.05, 0.1) is 4.75 Å². The molecule has 0 bridgehead atoms. The van der Waals surface area contributed by atoms with Crippen LogP contribution in [0.5, 0.6) is 0 Å². The highest BCUT2D eigenvalue weighted by Crippen LogP contribution is 2.24. The number of benzene rings is 1. The second kappa shape index (κ2) is 6.06. The maximum Gasteiger partial charge on any atom is 0.154 e. The summed E-state index contributed by atoms with van der Waals surface area (Å²) in [6.45, 7) is 8.42. The first-order chi connectivity index (χ1) is 8.70. The van der Waals surface area contributed by atoms with Crippen LogP contribution in [0.4, 0.5) is 0 Å². The molecular weight excluding hydrogens is 258 g/mol. The fraction of sp³-hybridized carbons (Fsp3) is 0.600. The number of nitrogens with one attached hydrogen (secondary N) is 1. The lowest BCUT2D eigenvalue weighted by Crippen LogP contribution is -2.52. The predicted molar refractivity (Wildman–Crippen MR) is 81.3 cm³/mol. The highest BCUT2D eigenvalue weighted by Gasteiger charge is 2.38. The van der Waals surface area contributed by atoms with E-state index in [1.807, 2.05) is 19.1 Å². The summed E-state index contributed by atoms with van der Waals surface area (Å²) in [5.74, 6) is 0.